The van der Waals surface area contributed by atoms with Gasteiger partial charge in [-0.1, -0.05) is 15.9 Å². The molecule has 11 heteroatoms. The largest absolute Gasteiger partial charge is 0.444 e. The Morgan fingerprint density at radius 3 is 2.00 bits per heavy atom. The van der Waals surface area contributed by atoms with Crippen LogP contribution in [0.5, 0.6) is 0 Å². The van der Waals surface area contributed by atoms with Gasteiger partial charge >= 0.3 is 6.09 Å². The van der Waals surface area contributed by atoms with Crippen molar-refractivity contribution >= 4 is 53.9 Å². The molecule has 1 fully saturated rings. The van der Waals surface area contributed by atoms with E-state index in [-0.39, 0.29) is 12.2 Å². The van der Waals surface area contributed by atoms with Crippen LogP contribution < -0.4 is 0 Å². The molecule has 2 aromatic rings. The Hall–Kier alpha value is -0.910. The Morgan fingerprint density at radius 1 is 1.10 bits per heavy atom. The lowest BCUT2D eigenvalue weighted by atomic mass is 10.2. The van der Waals surface area contributed by atoms with Gasteiger partial charge in [-0.15, -0.1) is 0 Å². The van der Waals surface area contributed by atoms with Crippen molar-refractivity contribution in [3.05, 3.63) is 32.7 Å². The minimum Gasteiger partial charge on any atom is -0.444 e. The molecule has 0 bridgehead atoms. The van der Waals surface area contributed by atoms with E-state index in [4.69, 9.17) is 9.47 Å². The molecule has 0 unspecified atom stereocenters. The van der Waals surface area contributed by atoms with Crippen molar-refractivity contribution in [2.24, 2.45) is 14.1 Å². The average molecular weight is 600 g/mol. The Balaban J connectivity index is 0.000000278. The number of nitrogens with zero attached hydrogens (tertiary/aromatic N) is 5. The molecule has 162 valence electrons. The van der Waals surface area contributed by atoms with Crippen molar-refractivity contribution in [1.29, 1.82) is 0 Å². The predicted octanol–water partition coefficient (Wildman–Crippen LogP) is 4.40. The third-order valence-electron chi connectivity index (χ3n) is 3.79. The fourth-order valence-electron chi connectivity index (χ4n) is 2.42. The van der Waals surface area contributed by atoms with Crippen LogP contribution in [0.4, 0.5) is 4.79 Å². The van der Waals surface area contributed by atoms with Crippen molar-refractivity contribution in [2.45, 2.75) is 44.4 Å². The number of aryl methyl sites for hydroxylation is 2. The Bertz CT molecular complexity index is 825. The first-order valence-corrected chi connectivity index (χ1v) is 11.7. The molecule has 1 aliphatic heterocycles. The summed E-state index contributed by atoms with van der Waals surface area (Å²) in [5.41, 5.74) is 1.45. The normalized spacial score (nSPS) is 14.3. The summed E-state index contributed by atoms with van der Waals surface area (Å²) in [6.45, 7) is 7.15. The maximum atomic E-state index is 11.7. The summed E-state index contributed by atoms with van der Waals surface area (Å²) >= 11 is 10.1. The zero-order chi connectivity index (χ0) is 21.8. The van der Waals surface area contributed by atoms with E-state index >= 15 is 0 Å². The van der Waals surface area contributed by atoms with Crippen LogP contribution in [0.3, 0.4) is 0 Å². The molecule has 1 saturated heterocycles. The quantitative estimate of drug-likeness (QED) is 0.487. The second-order valence-electron chi connectivity index (χ2n) is 7.65. The summed E-state index contributed by atoms with van der Waals surface area (Å²) in [7, 11) is 3.76. The molecule has 1 aliphatic rings. The standard InChI is InChI=1S/C13H20BrN3O3.C5H6Br2N2/c1-13(2,3)20-12(18)17-5-9(6-17)19-8-11-10(14)7-16(4)15-11;1-9-3-4(7)5(2-6)8-9/h7,9H,5-6,8H2,1-4H3;3H,2H2,1H3. The molecule has 0 aliphatic carbocycles. The lowest BCUT2D eigenvalue weighted by Gasteiger charge is -2.39. The fraction of sp³-hybridized carbons (Fsp3) is 0.611. The second-order valence-corrected chi connectivity index (χ2v) is 9.92. The fourth-order valence-corrected chi connectivity index (χ4v) is 4.21. The molecule has 0 atom stereocenters. The van der Waals surface area contributed by atoms with E-state index in [2.05, 4.69) is 58.0 Å². The molecule has 0 radical (unpaired) electrons. The van der Waals surface area contributed by atoms with Crippen LogP contribution in [-0.2, 0) is 35.5 Å². The second kappa shape index (κ2) is 10.4. The Morgan fingerprint density at radius 2 is 1.62 bits per heavy atom. The lowest BCUT2D eigenvalue weighted by Crippen LogP contribution is -2.55. The molecular formula is C18H26Br3N5O3. The third kappa shape index (κ3) is 7.69. The van der Waals surface area contributed by atoms with E-state index in [1.165, 1.54) is 0 Å². The van der Waals surface area contributed by atoms with Crippen LogP contribution in [0.25, 0.3) is 0 Å². The molecule has 1 amide bonds. The van der Waals surface area contributed by atoms with Gasteiger partial charge in [0.1, 0.15) is 11.3 Å². The first kappa shape index (κ1) is 24.4. The van der Waals surface area contributed by atoms with Gasteiger partial charge in [-0.2, -0.15) is 10.2 Å². The molecule has 2 aromatic heterocycles. The van der Waals surface area contributed by atoms with Crippen LogP contribution in [0, 0.1) is 0 Å². The minimum absolute atomic E-state index is 0.0522. The monoisotopic (exact) mass is 597 g/mol. The van der Waals surface area contributed by atoms with E-state index in [9.17, 15) is 4.79 Å². The summed E-state index contributed by atoms with van der Waals surface area (Å²) in [4.78, 5) is 13.4. The van der Waals surface area contributed by atoms with E-state index < -0.39 is 5.60 Å². The predicted molar refractivity (Wildman–Crippen MR) is 121 cm³/mol. The smallest absolute Gasteiger partial charge is 0.410 e. The topological polar surface area (TPSA) is 74.4 Å². The number of halogens is 3. The summed E-state index contributed by atoms with van der Waals surface area (Å²) < 4.78 is 16.5. The highest BCUT2D eigenvalue weighted by Crippen LogP contribution is 2.20. The number of hydrogen-bond acceptors (Lipinski definition) is 5. The molecular weight excluding hydrogens is 574 g/mol. The van der Waals surface area contributed by atoms with Crippen molar-refractivity contribution in [2.75, 3.05) is 13.1 Å². The van der Waals surface area contributed by atoms with E-state index in [1.807, 2.05) is 47.3 Å². The number of ether oxygens (including phenoxy) is 2. The molecule has 0 saturated carbocycles. The van der Waals surface area contributed by atoms with Crippen molar-refractivity contribution in [3.63, 3.8) is 0 Å². The number of hydrogen-bond donors (Lipinski definition) is 0. The van der Waals surface area contributed by atoms with Crippen molar-refractivity contribution in [1.82, 2.24) is 24.5 Å². The number of rotatable bonds is 4. The van der Waals surface area contributed by atoms with Crippen LogP contribution in [0.15, 0.2) is 21.3 Å². The molecule has 0 N–H and O–H groups in total. The number of likely N-dealkylation sites (tertiary alicyclic amines) is 1. The molecule has 0 aromatic carbocycles. The van der Waals surface area contributed by atoms with Crippen LogP contribution in [-0.4, -0.2) is 55.3 Å². The highest BCUT2D eigenvalue weighted by molar-refractivity contribution is 9.11. The van der Waals surface area contributed by atoms with Gasteiger partial charge in [0.25, 0.3) is 0 Å². The minimum atomic E-state index is -0.456. The van der Waals surface area contributed by atoms with Gasteiger partial charge in [0.15, 0.2) is 0 Å². The highest BCUT2D eigenvalue weighted by Gasteiger charge is 2.34. The van der Waals surface area contributed by atoms with Crippen molar-refractivity contribution < 1.29 is 14.3 Å². The maximum absolute atomic E-state index is 11.7. The zero-order valence-electron chi connectivity index (χ0n) is 17.2. The van der Waals surface area contributed by atoms with E-state index in [0.717, 1.165) is 25.7 Å². The number of carbonyl (C=O) groups is 1. The van der Waals surface area contributed by atoms with E-state index in [0.29, 0.717) is 19.7 Å². The molecule has 0 spiro atoms. The lowest BCUT2D eigenvalue weighted by molar-refractivity contribution is -0.0699. The Labute approximate surface area is 196 Å². The average Bonchev–Trinajstić information content (AvgIpc) is 3.04. The van der Waals surface area contributed by atoms with Crippen molar-refractivity contribution in [3.8, 4) is 0 Å². The molecule has 3 rings (SSSR count). The number of carbonyl (C=O) groups excluding carboxylic acids is 1. The van der Waals surface area contributed by atoms with Crippen LogP contribution >= 0.6 is 47.8 Å². The zero-order valence-corrected chi connectivity index (χ0v) is 21.9. The summed E-state index contributed by atoms with van der Waals surface area (Å²) in [5.74, 6) is 0. The third-order valence-corrected chi connectivity index (χ3v) is 5.65. The van der Waals surface area contributed by atoms with E-state index in [1.54, 1.807) is 14.3 Å². The van der Waals surface area contributed by atoms with Gasteiger partial charge in [0.2, 0.25) is 0 Å². The van der Waals surface area contributed by atoms with Gasteiger partial charge in [-0.25, -0.2) is 4.79 Å². The van der Waals surface area contributed by atoms with Gasteiger partial charge in [-0.05, 0) is 52.6 Å². The molecule has 29 heavy (non-hydrogen) atoms. The Kier molecular flexibility index (Phi) is 8.74. The van der Waals surface area contributed by atoms with Gasteiger partial charge in [0.05, 0.1) is 40.4 Å². The highest BCUT2D eigenvalue weighted by atomic mass is 79.9. The van der Waals surface area contributed by atoms with Gasteiger partial charge in [0, 0.05) is 31.8 Å². The van der Waals surface area contributed by atoms with Gasteiger partial charge in [-0.3, -0.25) is 9.36 Å². The van der Waals surface area contributed by atoms with Gasteiger partial charge < -0.3 is 14.4 Å². The molecule has 8 nitrogen and oxygen atoms in total. The summed E-state index contributed by atoms with van der Waals surface area (Å²) in [6.07, 6.45) is 3.58. The van der Waals surface area contributed by atoms with Crippen LogP contribution in [0.1, 0.15) is 32.2 Å². The number of aromatic nitrogens is 4. The summed E-state index contributed by atoms with van der Waals surface area (Å²) in [6, 6.07) is 0. The first-order valence-electron chi connectivity index (χ1n) is 9.00. The number of alkyl halides is 1. The SMILES string of the molecule is Cn1cc(Br)c(CBr)n1.Cn1cc(Br)c(COC2CN(C(=O)OC(C)(C)C)C2)n1. The maximum Gasteiger partial charge on any atom is 0.410 e. The first-order chi connectivity index (χ1) is 13.5. The van der Waals surface area contributed by atoms with Crippen LogP contribution in [0.2, 0.25) is 0 Å². The molecule has 3 heterocycles. The number of amides is 1. The summed E-state index contributed by atoms with van der Waals surface area (Å²) in [5, 5.41) is 9.23.